The van der Waals surface area contributed by atoms with Gasteiger partial charge in [0.2, 0.25) is 11.8 Å². The van der Waals surface area contributed by atoms with Crippen LogP contribution in [0.4, 0.5) is 0 Å². The van der Waals surface area contributed by atoms with E-state index in [2.05, 4.69) is 31.2 Å². The fourth-order valence-corrected chi connectivity index (χ4v) is 4.36. The molecule has 4 aromatic rings. The molecule has 0 N–H and O–H groups in total. The lowest BCUT2D eigenvalue weighted by Crippen LogP contribution is -2.14. The van der Waals surface area contributed by atoms with Crippen LogP contribution in [0.1, 0.15) is 11.5 Å². The topological polar surface area (TPSA) is 90.9 Å². The van der Waals surface area contributed by atoms with Crippen molar-refractivity contribution in [2.24, 2.45) is 0 Å². The summed E-state index contributed by atoms with van der Waals surface area (Å²) in [7, 11) is -3.83. The van der Waals surface area contributed by atoms with Crippen molar-refractivity contribution in [1.29, 1.82) is 0 Å². The summed E-state index contributed by atoms with van der Waals surface area (Å²) in [6.07, 6.45) is 1.49. The zero-order valence-electron chi connectivity index (χ0n) is 13.8. The molecule has 2 aromatic heterocycles. The Kier molecular flexibility index (Phi) is 3.92. The molecule has 0 fully saturated rings. The van der Waals surface area contributed by atoms with Crippen LogP contribution in [0.3, 0.4) is 0 Å². The SMILES string of the molecule is Cc1ccc(S(=O)(=O)n2ncc3c(-c4nnc(C)o4)cc(Br)cc32)cc1. The van der Waals surface area contributed by atoms with Gasteiger partial charge in [-0.2, -0.15) is 17.6 Å². The van der Waals surface area contributed by atoms with E-state index in [9.17, 15) is 8.42 Å². The fourth-order valence-electron chi connectivity index (χ4n) is 2.65. The second-order valence-corrected chi connectivity index (χ2v) is 8.50. The summed E-state index contributed by atoms with van der Waals surface area (Å²) in [5.74, 6) is 0.730. The van der Waals surface area contributed by atoms with Crippen molar-refractivity contribution in [3.63, 3.8) is 0 Å². The molecule has 0 aliphatic carbocycles. The lowest BCUT2D eigenvalue weighted by molar-refractivity contribution is 0.533. The molecule has 0 aliphatic heterocycles. The Balaban J connectivity index is 1.95. The second kappa shape index (κ2) is 6.03. The molecular weight excluding hydrogens is 420 g/mol. The maximum atomic E-state index is 13.0. The minimum absolute atomic E-state index is 0.170. The van der Waals surface area contributed by atoms with Gasteiger partial charge in [0.05, 0.1) is 22.2 Å². The molecule has 0 unspecified atom stereocenters. The number of halogens is 1. The second-order valence-electron chi connectivity index (χ2n) is 5.82. The van der Waals surface area contributed by atoms with Crippen LogP contribution in [0, 0.1) is 13.8 Å². The maximum Gasteiger partial charge on any atom is 0.283 e. The zero-order valence-corrected chi connectivity index (χ0v) is 16.2. The molecule has 0 aliphatic rings. The summed E-state index contributed by atoms with van der Waals surface area (Å²) >= 11 is 3.41. The maximum absolute atomic E-state index is 13.0. The van der Waals surface area contributed by atoms with Crippen LogP contribution >= 0.6 is 15.9 Å². The molecule has 0 bridgehead atoms. The molecule has 0 saturated heterocycles. The summed E-state index contributed by atoms with van der Waals surface area (Å²) in [4.78, 5) is 0.170. The lowest BCUT2D eigenvalue weighted by atomic mass is 10.1. The molecule has 132 valence electrons. The number of fused-ring (bicyclic) bond motifs is 1. The quantitative estimate of drug-likeness (QED) is 0.489. The Hall–Kier alpha value is -2.52. The molecule has 0 amide bonds. The first kappa shape index (κ1) is 16.9. The minimum Gasteiger partial charge on any atom is -0.421 e. The van der Waals surface area contributed by atoms with Gasteiger partial charge in [-0.05, 0) is 31.2 Å². The first-order chi connectivity index (χ1) is 12.4. The minimum atomic E-state index is -3.83. The van der Waals surface area contributed by atoms with E-state index >= 15 is 0 Å². The van der Waals surface area contributed by atoms with Gasteiger partial charge < -0.3 is 4.42 Å². The zero-order chi connectivity index (χ0) is 18.5. The normalized spacial score (nSPS) is 12.0. The van der Waals surface area contributed by atoms with Gasteiger partial charge in [-0.15, -0.1) is 10.2 Å². The average Bonchev–Trinajstić information content (AvgIpc) is 3.21. The Morgan fingerprint density at radius 2 is 1.81 bits per heavy atom. The first-order valence-corrected chi connectivity index (χ1v) is 9.89. The molecule has 0 atom stereocenters. The van der Waals surface area contributed by atoms with Gasteiger partial charge in [0.15, 0.2) is 0 Å². The molecule has 4 rings (SSSR count). The van der Waals surface area contributed by atoms with E-state index in [0.29, 0.717) is 32.7 Å². The summed E-state index contributed by atoms with van der Waals surface area (Å²) in [6.45, 7) is 3.59. The average molecular weight is 433 g/mol. The van der Waals surface area contributed by atoms with Crippen molar-refractivity contribution in [3.8, 4) is 11.5 Å². The lowest BCUT2D eigenvalue weighted by Gasteiger charge is -2.07. The number of aryl methyl sites for hydroxylation is 2. The van der Waals surface area contributed by atoms with E-state index in [1.807, 2.05) is 6.92 Å². The predicted molar refractivity (Wildman–Crippen MR) is 99.2 cm³/mol. The van der Waals surface area contributed by atoms with E-state index in [-0.39, 0.29) is 4.90 Å². The van der Waals surface area contributed by atoms with Gasteiger partial charge in [-0.1, -0.05) is 33.6 Å². The number of nitrogens with zero attached hydrogens (tertiary/aromatic N) is 4. The largest absolute Gasteiger partial charge is 0.421 e. The molecule has 0 radical (unpaired) electrons. The summed E-state index contributed by atoms with van der Waals surface area (Å²) in [5.41, 5.74) is 2.01. The summed E-state index contributed by atoms with van der Waals surface area (Å²) < 4.78 is 33.2. The Bertz CT molecular complexity index is 1230. The molecule has 26 heavy (non-hydrogen) atoms. The van der Waals surface area contributed by atoms with Crippen molar-refractivity contribution in [2.45, 2.75) is 18.7 Å². The number of hydrogen-bond acceptors (Lipinski definition) is 6. The fraction of sp³-hybridized carbons (Fsp3) is 0.118. The molecule has 2 heterocycles. The van der Waals surface area contributed by atoms with Crippen molar-refractivity contribution in [1.82, 2.24) is 19.4 Å². The van der Waals surface area contributed by atoms with Gasteiger partial charge in [0, 0.05) is 16.8 Å². The highest BCUT2D eigenvalue weighted by atomic mass is 79.9. The van der Waals surface area contributed by atoms with Gasteiger partial charge in [0.25, 0.3) is 10.0 Å². The van der Waals surface area contributed by atoms with Crippen LogP contribution in [0.2, 0.25) is 0 Å². The van der Waals surface area contributed by atoms with Gasteiger partial charge in [-0.25, -0.2) is 0 Å². The first-order valence-electron chi connectivity index (χ1n) is 7.66. The monoisotopic (exact) mass is 432 g/mol. The number of benzene rings is 2. The smallest absolute Gasteiger partial charge is 0.283 e. The van der Waals surface area contributed by atoms with Crippen molar-refractivity contribution in [3.05, 3.63) is 58.5 Å². The number of rotatable bonds is 3. The van der Waals surface area contributed by atoms with Gasteiger partial charge in [0.1, 0.15) is 0 Å². The molecular formula is C17H13BrN4O3S. The van der Waals surface area contributed by atoms with E-state index in [4.69, 9.17) is 4.42 Å². The highest BCUT2D eigenvalue weighted by Crippen LogP contribution is 2.32. The molecule has 7 nitrogen and oxygen atoms in total. The van der Waals surface area contributed by atoms with Crippen LogP contribution < -0.4 is 0 Å². The Morgan fingerprint density at radius 1 is 1.08 bits per heavy atom. The van der Waals surface area contributed by atoms with E-state index in [0.717, 1.165) is 9.65 Å². The van der Waals surface area contributed by atoms with Crippen LogP contribution in [0.5, 0.6) is 0 Å². The van der Waals surface area contributed by atoms with Crippen molar-refractivity contribution in [2.75, 3.05) is 0 Å². The van der Waals surface area contributed by atoms with Crippen LogP contribution in [-0.4, -0.2) is 27.8 Å². The molecule has 0 spiro atoms. The summed E-state index contributed by atoms with van der Waals surface area (Å²) in [6, 6.07) is 10.1. The predicted octanol–water partition coefficient (Wildman–Crippen LogP) is 3.70. The van der Waals surface area contributed by atoms with Crippen LogP contribution in [0.25, 0.3) is 22.4 Å². The van der Waals surface area contributed by atoms with Crippen LogP contribution in [0.15, 0.2) is 56.4 Å². The van der Waals surface area contributed by atoms with Crippen molar-refractivity contribution >= 4 is 36.9 Å². The molecule has 9 heteroatoms. The number of hydrogen-bond donors (Lipinski definition) is 0. The van der Waals surface area contributed by atoms with E-state index < -0.39 is 10.0 Å². The highest BCUT2D eigenvalue weighted by Gasteiger charge is 2.23. The third-order valence-electron chi connectivity index (χ3n) is 3.92. The van der Waals surface area contributed by atoms with E-state index in [1.165, 1.54) is 6.20 Å². The molecule has 0 saturated carbocycles. The third kappa shape index (κ3) is 2.73. The summed E-state index contributed by atoms with van der Waals surface area (Å²) in [5, 5.41) is 12.6. The highest BCUT2D eigenvalue weighted by molar-refractivity contribution is 9.10. The standard InChI is InChI=1S/C17H13BrN4O3S/c1-10-3-5-13(6-4-10)26(23,24)22-16-8-12(18)7-14(15(16)9-19-22)17-21-20-11(2)25-17/h3-9H,1-2H3. The van der Waals surface area contributed by atoms with Gasteiger partial charge >= 0.3 is 0 Å². The van der Waals surface area contributed by atoms with E-state index in [1.54, 1.807) is 43.3 Å². The molecule has 2 aromatic carbocycles. The number of aromatic nitrogens is 4. The van der Waals surface area contributed by atoms with Crippen LogP contribution in [-0.2, 0) is 10.0 Å². The Morgan fingerprint density at radius 3 is 2.46 bits per heavy atom. The Labute approximate surface area is 157 Å². The van der Waals surface area contributed by atoms with Gasteiger partial charge in [-0.3, -0.25) is 0 Å². The third-order valence-corrected chi connectivity index (χ3v) is 6.00. The van der Waals surface area contributed by atoms with Crippen molar-refractivity contribution < 1.29 is 12.8 Å².